The second-order valence-corrected chi connectivity index (χ2v) is 2.74. The summed E-state index contributed by atoms with van der Waals surface area (Å²) in [7, 11) is 1.58. The normalized spacial score (nSPS) is 19.9. The van der Waals surface area contributed by atoms with E-state index in [1.54, 1.807) is 13.2 Å². The topological polar surface area (TPSA) is 29.8 Å². The van der Waals surface area contributed by atoms with E-state index >= 15 is 0 Å². The minimum atomic E-state index is 0.525. The van der Waals surface area contributed by atoms with Crippen LogP contribution in [0.4, 0.5) is 0 Å². The standard InChI is InChI=1S/C9H14O3/c1-7(2)12-8-4-5-11-9(6-8)10-3/h6H,4-5H2,1-3H3. The molecule has 0 saturated carbocycles. The van der Waals surface area contributed by atoms with Gasteiger partial charge in [-0.3, -0.25) is 0 Å². The predicted molar refractivity (Wildman–Crippen MR) is 45.3 cm³/mol. The van der Waals surface area contributed by atoms with Crippen molar-refractivity contribution >= 4 is 5.78 Å². The Balaban J connectivity index is 2.67. The number of methoxy groups -OCH3 is 1. The molecule has 0 aliphatic carbocycles. The van der Waals surface area contributed by atoms with Crippen LogP contribution in [0.2, 0.25) is 0 Å². The van der Waals surface area contributed by atoms with Crippen LogP contribution in [-0.2, 0) is 13.9 Å². The molecule has 68 valence electrons. The van der Waals surface area contributed by atoms with Gasteiger partial charge in [0.05, 0.1) is 13.7 Å². The SMILES string of the molecule is COC1=CC(=[O+][C-](C)C)CCO1. The molecule has 3 nitrogen and oxygen atoms in total. The first kappa shape index (κ1) is 8.97. The van der Waals surface area contributed by atoms with Crippen LogP contribution in [0.3, 0.4) is 0 Å². The van der Waals surface area contributed by atoms with Gasteiger partial charge in [0.25, 0.3) is 5.95 Å². The van der Waals surface area contributed by atoms with Gasteiger partial charge in [0.15, 0.2) is 5.78 Å². The van der Waals surface area contributed by atoms with Crippen molar-refractivity contribution in [1.29, 1.82) is 0 Å². The summed E-state index contributed by atoms with van der Waals surface area (Å²) in [5.74, 6) is 1.43. The molecule has 0 fully saturated rings. The third-order valence-electron chi connectivity index (χ3n) is 1.41. The number of rotatable bonds is 2. The first-order valence-electron chi connectivity index (χ1n) is 3.94. The highest BCUT2D eigenvalue weighted by atomic mass is 16.7. The molecule has 1 rings (SSSR count). The summed E-state index contributed by atoms with van der Waals surface area (Å²) in [5, 5.41) is 0. The molecule has 0 spiro atoms. The summed E-state index contributed by atoms with van der Waals surface area (Å²) < 4.78 is 15.5. The van der Waals surface area contributed by atoms with E-state index in [0.29, 0.717) is 12.6 Å². The molecule has 0 aromatic heterocycles. The second-order valence-electron chi connectivity index (χ2n) is 2.74. The fourth-order valence-electron chi connectivity index (χ4n) is 0.958. The smallest absolute Gasteiger partial charge is 0.268 e. The lowest BCUT2D eigenvalue weighted by molar-refractivity contribution is -0.438. The van der Waals surface area contributed by atoms with Gasteiger partial charge >= 0.3 is 0 Å². The number of allylic oxidation sites excluding steroid dienone is 1. The quantitative estimate of drug-likeness (QED) is 0.465. The highest BCUT2D eigenvalue weighted by molar-refractivity contribution is 5.90. The Morgan fingerprint density at radius 1 is 1.58 bits per heavy atom. The first-order chi connectivity index (χ1) is 5.72. The molecule has 0 aromatic carbocycles. The molecule has 0 amide bonds. The van der Waals surface area contributed by atoms with Gasteiger partial charge in [-0.15, -0.1) is 0 Å². The van der Waals surface area contributed by atoms with Crippen LogP contribution in [-0.4, -0.2) is 19.5 Å². The van der Waals surface area contributed by atoms with Gasteiger partial charge < -0.3 is 13.9 Å². The van der Waals surface area contributed by atoms with Gasteiger partial charge in [-0.05, 0) is 13.8 Å². The van der Waals surface area contributed by atoms with Crippen molar-refractivity contribution in [1.82, 2.24) is 0 Å². The second kappa shape index (κ2) is 4.04. The lowest BCUT2D eigenvalue weighted by atomic mass is 10.2. The Labute approximate surface area is 72.7 Å². The number of carbonyl (C=O) groups excluding carboxylic acids is 1. The average molecular weight is 170 g/mol. The van der Waals surface area contributed by atoms with Gasteiger partial charge in [-0.2, -0.15) is 0 Å². The van der Waals surface area contributed by atoms with Crippen molar-refractivity contribution in [3.8, 4) is 0 Å². The molecule has 12 heavy (non-hydrogen) atoms. The summed E-state index contributed by atoms with van der Waals surface area (Å²) in [6.45, 7) is 4.47. The molecule has 0 unspecified atom stereocenters. The van der Waals surface area contributed by atoms with E-state index in [2.05, 4.69) is 0 Å². The minimum absolute atomic E-state index is 0.525. The lowest BCUT2D eigenvalue weighted by Crippen LogP contribution is -2.13. The van der Waals surface area contributed by atoms with E-state index in [0.717, 1.165) is 18.3 Å². The number of ether oxygens (including phenoxy) is 2. The minimum Gasteiger partial charge on any atom is -0.470 e. The Kier molecular flexibility index (Phi) is 3.02. The maximum absolute atomic E-state index is 5.42. The maximum atomic E-state index is 5.42. The Morgan fingerprint density at radius 2 is 2.33 bits per heavy atom. The van der Waals surface area contributed by atoms with Crippen molar-refractivity contribution in [2.45, 2.75) is 20.3 Å². The molecule has 0 radical (unpaired) electrons. The van der Waals surface area contributed by atoms with Gasteiger partial charge in [0.2, 0.25) is 0 Å². The average Bonchev–Trinajstić information content (AvgIpc) is 2.03. The fraction of sp³-hybridized carbons (Fsp3) is 0.556. The number of hydrogen-bond donors (Lipinski definition) is 0. The summed E-state index contributed by atoms with van der Waals surface area (Å²) in [5.41, 5.74) is 0. The van der Waals surface area contributed by atoms with E-state index in [-0.39, 0.29) is 0 Å². The molecule has 0 aromatic rings. The molecule has 1 aliphatic heterocycles. The van der Waals surface area contributed by atoms with Gasteiger partial charge in [-0.25, -0.2) is 0 Å². The van der Waals surface area contributed by atoms with E-state index in [4.69, 9.17) is 13.9 Å². The van der Waals surface area contributed by atoms with Crippen LogP contribution in [0.25, 0.3) is 0 Å². The summed E-state index contributed by atoms with van der Waals surface area (Å²) >= 11 is 0. The van der Waals surface area contributed by atoms with Crippen LogP contribution in [0.5, 0.6) is 0 Å². The summed E-state index contributed by atoms with van der Waals surface area (Å²) in [6.07, 6.45) is 3.51. The Hall–Kier alpha value is -1.12. The molecule has 0 atom stereocenters. The van der Waals surface area contributed by atoms with Crippen molar-refractivity contribution < 1.29 is 13.9 Å². The molecule has 1 heterocycles. The maximum Gasteiger partial charge on any atom is 0.268 e. The van der Waals surface area contributed by atoms with Gasteiger partial charge in [-0.1, -0.05) is 0 Å². The number of hydrogen-bond acceptors (Lipinski definition) is 2. The van der Waals surface area contributed by atoms with Crippen LogP contribution in [0, 0.1) is 6.10 Å². The predicted octanol–water partition coefficient (Wildman–Crippen LogP) is 1.57. The molecule has 3 heteroatoms. The zero-order chi connectivity index (χ0) is 8.97. The zero-order valence-corrected chi connectivity index (χ0v) is 7.72. The van der Waals surface area contributed by atoms with E-state index in [9.17, 15) is 0 Å². The fourth-order valence-corrected chi connectivity index (χ4v) is 0.958. The molecule has 0 N–H and O–H groups in total. The molecule has 0 bridgehead atoms. The summed E-state index contributed by atoms with van der Waals surface area (Å²) in [6, 6.07) is 0. The first-order valence-corrected chi connectivity index (χ1v) is 3.94. The van der Waals surface area contributed by atoms with Crippen LogP contribution < -0.4 is 0 Å². The van der Waals surface area contributed by atoms with Crippen molar-refractivity contribution in [2.75, 3.05) is 13.7 Å². The molecule has 1 aliphatic rings. The molecular weight excluding hydrogens is 156 g/mol. The van der Waals surface area contributed by atoms with E-state index in [1.807, 2.05) is 13.8 Å². The lowest BCUT2D eigenvalue weighted by Gasteiger charge is -2.14. The van der Waals surface area contributed by atoms with Gasteiger partial charge in [0.1, 0.15) is 6.10 Å². The van der Waals surface area contributed by atoms with Crippen molar-refractivity contribution in [3.63, 3.8) is 0 Å². The van der Waals surface area contributed by atoms with Gasteiger partial charge in [0, 0.05) is 12.5 Å². The number of ketones is 1. The Bertz CT molecular complexity index is 204. The third kappa shape index (κ3) is 2.49. The zero-order valence-electron chi connectivity index (χ0n) is 7.72. The largest absolute Gasteiger partial charge is 0.470 e. The van der Waals surface area contributed by atoms with Crippen LogP contribution in [0.1, 0.15) is 20.3 Å². The van der Waals surface area contributed by atoms with Crippen molar-refractivity contribution in [3.05, 3.63) is 18.1 Å². The monoisotopic (exact) mass is 170 g/mol. The highest BCUT2D eigenvalue weighted by Crippen LogP contribution is 2.08. The third-order valence-corrected chi connectivity index (χ3v) is 1.41. The van der Waals surface area contributed by atoms with Crippen LogP contribution in [0.15, 0.2) is 12.0 Å². The van der Waals surface area contributed by atoms with E-state index in [1.165, 1.54) is 0 Å². The van der Waals surface area contributed by atoms with Crippen LogP contribution >= 0.6 is 0 Å². The molecular formula is C9H14O3. The molecule has 0 saturated heterocycles. The highest BCUT2D eigenvalue weighted by Gasteiger charge is 2.11. The van der Waals surface area contributed by atoms with Crippen molar-refractivity contribution in [2.24, 2.45) is 0 Å². The van der Waals surface area contributed by atoms with E-state index < -0.39 is 0 Å². The summed E-state index contributed by atoms with van der Waals surface area (Å²) in [4.78, 5) is 0. The Morgan fingerprint density at radius 3 is 2.92 bits per heavy atom.